The number of amidine groups is 1. The fourth-order valence-electron chi connectivity index (χ4n) is 5.78. The first-order valence-electron chi connectivity index (χ1n) is 13.6. The van der Waals surface area contributed by atoms with E-state index in [0.717, 1.165) is 55.9 Å². The number of rotatable bonds is 8. The van der Waals surface area contributed by atoms with Gasteiger partial charge in [0.2, 0.25) is 5.91 Å². The Morgan fingerprint density at radius 1 is 1.13 bits per heavy atom. The van der Waals surface area contributed by atoms with E-state index < -0.39 is 16.8 Å². The van der Waals surface area contributed by atoms with Crippen LogP contribution in [0.25, 0.3) is 0 Å². The molecule has 4 unspecified atom stereocenters. The molecule has 2 aliphatic carbocycles. The van der Waals surface area contributed by atoms with Gasteiger partial charge in [0.05, 0.1) is 18.0 Å². The second-order valence-electron chi connectivity index (χ2n) is 10.7. The van der Waals surface area contributed by atoms with E-state index in [0.29, 0.717) is 11.4 Å². The molecule has 1 heterocycles. The second kappa shape index (κ2) is 11.0. The number of benzene rings is 3. The van der Waals surface area contributed by atoms with Crippen molar-refractivity contribution in [2.45, 2.75) is 42.5 Å². The molecule has 1 amide bonds. The minimum absolute atomic E-state index is 0.0508. The number of carbonyl (C=O) groups is 1. The van der Waals surface area contributed by atoms with E-state index >= 15 is 0 Å². The lowest BCUT2D eigenvalue weighted by Crippen LogP contribution is -2.41. The van der Waals surface area contributed by atoms with E-state index in [4.69, 9.17) is 0 Å². The van der Waals surface area contributed by atoms with E-state index in [1.807, 2.05) is 36.2 Å². The molecule has 202 valence electrons. The zero-order valence-electron chi connectivity index (χ0n) is 22.1. The lowest BCUT2D eigenvalue weighted by molar-refractivity contribution is -0.119. The summed E-state index contributed by atoms with van der Waals surface area (Å²) < 4.78 is 30.1. The molecule has 3 aromatic carbocycles. The highest BCUT2D eigenvalue weighted by molar-refractivity contribution is 7.83. The van der Waals surface area contributed by atoms with E-state index in [1.54, 1.807) is 12.1 Å². The van der Waals surface area contributed by atoms with Crippen molar-refractivity contribution in [3.8, 4) is 0 Å². The number of hydrogen-bond acceptors (Lipinski definition) is 4. The molecule has 6 nitrogen and oxygen atoms in total. The molecule has 3 aromatic rings. The van der Waals surface area contributed by atoms with Crippen LogP contribution in [0.15, 0.2) is 82.7 Å². The summed E-state index contributed by atoms with van der Waals surface area (Å²) in [6.07, 6.45) is 3.57. The average Bonchev–Trinajstić information content (AvgIpc) is 3.66. The largest absolute Gasteiger partial charge is 0.360 e. The Morgan fingerprint density at radius 3 is 2.74 bits per heavy atom. The zero-order valence-corrected chi connectivity index (χ0v) is 22.9. The highest BCUT2D eigenvalue weighted by Crippen LogP contribution is 2.49. The lowest BCUT2D eigenvalue weighted by atomic mass is 9.87. The van der Waals surface area contributed by atoms with Crippen molar-refractivity contribution in [3.05, 3.63) is 95.3 Å². The summed E-state index contributed by atoms with van der Waals surface area (Å²) in [6.45, 7) is 2.03. The van der Waals surface area contributed by atoms with Crippen molar-refractivity contribution in [1.82, 2.24) is 9.62 Å². The number of fused-ring (bicyclic) bond motifs is 1. The number of hydrogen-bond donors (Lipinski definition) is 1. The van der Waals surface area contributed by atoms with Crippen LogP contribution >= 0.6 is 0 Å². The van der Waals surface area contributed by atoms with Gasteiger partial charge in [-0.3, -0.25) is 9.79 Å². The molecule has 1 aliphatic heterocycles. The third-order valence-electron chi connectivity index (χ3n) is 8.09. The van der Waals surface area contributed by atoms with Gasteiger partial charge in [-0.2, -0.15) is 0 Å². The predicted molar refractivity (Wildman–Crippen MR) is 153 cm³/mol. The number of aryl methyl sites for hydroxylation is 1. The van der Waals surface area contributed by atoms with Gasteiger partial charge in [0.1, 0.15) is 22.6 Å². The Labute approximate surface area is 231 Å². The fourth-order valence-corrected chi connectivity index (χ4v) is 6.84. The molecular weight excluding hydrogens is 511 g/mol. The summed E-state index contributed by atoms with van der Waals surface area (Å²) >= 11 is 0. The van der Waals surface area contributed by atoms with Crippen molar-refractivity contribution in [1.29, 1.82) is 0 Å². The summed E-state index contributed by atoms with van der Waals surface area (Å²) in [5.74, 6) is 0.822. The second-order valence-corrected chi connectivity index (χ2v) is 11.9. The first-order chi connectivity index (χ1) is 19.0. The summed E-state index contributed by atoms with van der Waals surface area (Å²) in [7, 11) is 0.468. The highest BCUT2D eigenvalue weighted by Gasteiger charge is 2.46. The zero-order chi connectivity index (χ0) is 26.9. The van der Waals surface area contributed by atoms with Gasteiger partial charge in [-0.05, 0) is 78.6 Å². The van der Waals surface area contributed by atoms with Gasteiger partial charge in [0, 0.05) is 31.2 Å². The van der Waals surface area contributed by atoms with Crippen LogP contribution in [0, 0.1) is 11.7 Å². The number of nitrogens with zero attached hydrogens (tertiary/aromatic N) is 3. The summed E-state index contributed by atoms with van der Waals surface area (Å²) in [4.78, 5) is 23.1. The van der Waals surface area contributed by atoms with Gasteiger partial charge in [0.15, 0.2) is 0 Å². The molecule has 4 atom stereocenters. The summed E-state index contributed by atoms with van der Waals surface area (Å²) in [5, 5.41) is 0. The first-order valence-corrected chi connectivity index (χ1v) is 14.8. The molecule has 1 fully saturated rings. The highest BCUT2D eigenvalue weighted by atomic mass is 32.2. The molecule has 1 saturated carbocycles. The van der Waals surface area contributed by atoms with E-state index in [9.17, 15) is 13.4 Å². The van der Waals surface area contributed by atoms with Gasteiger partial charge in [-0.25, -0.2) is 13.3 Å². The van der Waals surface area contributed by atoms with E-state index in [1.165, 1.54) is 23.3 Å². The van der Waals surface area contributed by atoms with Gasteiger partial charge < -0.3 is 9.80 Å². The molecule has 0 aromatic heterocycles. The molecule has 0 bridgehead atoms. The van der Waals surface area contributed by atoms with Crippen molar-refractivity contribution in [2.24, 2.45) is 10.9 Å². The predicted octanol–water partition coefficient (Wildman–Crippen LogP) is 5.00. The van der Waals surface area contributed by atoms with E-state index in [2.05, 4.69) is 38.9 Å². The molecule has 1 N–H and O–H groups in total. The molecule has 0 saturated heterocycles. The molecular formula is C31H33FN4O2S. The van der Waals surface area contributed by atoms with Crippen LogP contribution in [0.4, 0.5) is 10.1 Å². The van der Waals surface area contributed by atoms with Gasteiger partial charge in [-0.1, -0.05) is 42.5 Å². The van der Waals surface area contributed by atoms with Crippen molar-refractivity contribution in [3.63, 3.8) is 0 Å². The maximum absolute atomic E-state index is 14.0. The monoisotopic (exact) mass is 544 g/mol. The van der Waals surface area contributed by atoms with Gasteiger partial charge >= 0.3 is 0 Å². The number of halogens is 1. The van der Waals surface area contributed by atoms with Crippen LogP contribution in [0.2, 0.25) is 0 Å². The Morgan fingerprint density at radius 2 is 1.97 bits per heavy atom. The third-order valence-corrected chi connectivity index (χ3v) is 9.27. The Bertz CT molecular complexity index is 1430. The summed E-state index contributed by atoms with van der Waals surface area (Å²) in [5.41, 5.74) is 4.29. The number of aliphatic imine (C=N–C) groups is 1. The van der Waals surface area contributed by atoms with Crippen LogP contribution in [0.1, 0.15) is 47.9 Å². The molecule has 0 radical (unpaired) electrons. The standard InChI is InChI=1S/C31H33FN4O2S/c1-35-16-15-33-30(35)20-36(31(37)28-19-26(28)21-7-3-2-4-8-21)24-14-13-22-9-5-12-29(27(22)18-24)34-39(38)25-11-6-10-23(32)17-25/h2-4,6-8,10-11,13-14,17-18,26,28-29,34H,5,9,12,15-16,19-20H2,1H3. The topological polar surface area (TPSA) is 65.0 Å². The number of likely N-dealkylation sites (N-methyl/N-ethyl adjacent to an activating group) is 1. The first kappa shape index (κ1) is 25.9. The molecule has 6 rings (SSSR count). The minimum atomic E-state index is -1.55. The normalized spacial score (nSPS) is 22.7. The quantitative estimate of drug-likeness (QED) is 0.434. The minimum Gasteiger partial charge on any atom is -0.360 e. The SMILES string of the molecule is CN1CCN=C1CN(C(=O)C1CC1c1ccccc1)c1ccc2c(c1)C(NS(=O)c1cccc(F)c1)CCC2. The van der Waals surface area contributed by atoms with Crippen LogP contribution in [-0.4, -0.2) is 47.5 Å². The van der Waals surface area contributed by atoms with Crippen LogP contribution < -0.4 is 9.62 Å². The Balaban J connectivity index is 1.28. The lowest BCUT2D eigenvalue weighted by Gasteiger charge is -2.30. The Hall–Kier alpha value is -3.36. The molecule has 3 aliphatic rings. The maximum atomic E-state index is 14.0. The van der Waals surface area contributed by atoms with Gasteiger partial charge in [-0.15, -0.1) is 0 Å². The van der Waals surface area contributed by atoms with E-state index in [-0.39, 0.29) is 23.8 Å². The fraction of sp³-hybridized carbons (Fsp3) is 0.355. The molecule has 39 heavy (non-hydrogen) atoms. The maximum Gasteiger partial charge on any atom is 0.231 e. The van der Waals surface area contributed by atoms with Crippen LogP contribution in [-0.2, 0) is 22.2 Å². The number of carbonyl (C=O) groups excluding carboxylic acids is 1. The van der Waals surface area contributed by atoms with Crippen molar-refractivity contribution >= 4 is 28.4 Å². The smallest absolute Gasteiger partial charge is 0.231 e. The number of amides is 1. The van der Waals surface area contributed by atoms with Crippen molar-refractivity contribution in [2.75, 3.05) is 31.6 Å². The van der Waals surface area contributed by atoms with Crippen LogP contribution in [0.5, 0.6) is 0 Å². The average molecular weight is 545 g/mol. The van der Waals surface area contributed by atoms with Gasteiger partial charge in [0.25, 0.3) is 0 Å². The van der Waals surface area contributed by atoms with Crippen LogP contribution in [0.3, 0.4) is 0 Å². The molecule has 0 spiro atoms. The number of nitrogens with one attached hydrogen (secondary N) is 1. The number of anilines is 1. The third kappa shape index (κ3) is 5.54. The Kier molecular flexibility index (Phi) is 7.32. The van der Waals surface area contributed by atoms with Crippen molar-refractivity contribution < 1.29 is 13.4 Å². The summed E-state index contributed by atoms with van der Waals surface area (Å²) in [6, 6.07) is 22.2. The molecule has 8 heteroatoms.